The Morgan fingerprint density at radius 3 is 2.63 bits per heavy atom. The molecule has 27 heavy (non-hydrogen) atoms. The number of nitrogens with zero attached hydrogens (tertiary/aromatic N) is 2. The predicted molar refractivity (Wildman–Crippen MR) is 104 cm³/mol. The highest BCUT2D eigenvalue weighted by atomic mass is 16.5. The normalized spacial score (nSPS) is 11.7. The van der Waals surface area contributed by atoms with Gasteiger partial charge in [-0.1, -0.05) is 31.0 Å². The highest BCUT2D eigenvalue weighted by molar-refractivity contribution is 5.78. The number of hydrogen-bond donors (Lipinski definition) is 0. The van der Waals surface area contributed by atoms with Gasteiger partial charge in [-0.05, 0) is 42.8 Å². The van der Waals surface area contributed by atoms with Crippen molar-refractivity contribution in [3.63, 3.8) is 0 Å². The van der Waals surface area contributed by atoms with Crippen molar-refractivity contribution in [3.8, 4) is 5.75 Å². The Hall–Kier alpha value is -3.15. The fourth-order valence-electron chi connectivity index (χ4n) is 2.67. The van der Waals surface area contributed by atoms with E-state index in [0.717, 1.165) is 12.2 Å². The largest absolute Gasteiger partial charge is 0.594 e. The second kappa shape index (κ2) is 8.98. The lowest BCUT2D eigenvalue weighted by atomic mass is 10.2. The first-order chi connectivity index (χ1) is 13.2. The fourth-order valence-corrected chi connectivity index (χ4v) is 2.67. The number of unbranched alkanes of at least 4 members (excludes halogenated alkanes) is 3. The molecule has 3 aromatic rings. The lowest BCUT2D eigenvalue weighted by Gasteiger charge is -2.06. The highest BCUT2D eigenvalue weighted by Crippen LogP contribution is 2.23. The van der Waals surface area contributed by atoms with E-state index in [1.165, 1.54) is 25.3 Å². The Bertz CT molecular complexity index is 977. The van der Waals surface area contributed by atoms with Gasteiger partial charge in [-0.25, -0.2) is 4.79 Å². The number of fused-ring (bicyclic) bond motifs is 1. The number of ether oxygens (including phenoxy) is 1. The molecular weight excluding hydrogens is 344 g/mol. The molecule has 0 unspecified atom stereocenters. The van der Waals surface area contributed by atoms with Crippen LogP contribution in [0.15, 0.2) is 68.9 Å². The van der Waals surface area contributed by atoms with Gasteiger partial charge in [0.05, 0.1) is 6.61 Å². The predicted octanol–water partition coefficient (Wildman–Crippen LogP) is 5.68. The molecule has 3 rings (SSSR count). The molecule has 0 aliphatic rings. The Morgan fingerprint density at radius 1 is 1.04 bits per heavy atom. The zero-order valence-electron chi connectivity index (χ0n) is 15.3. The van der Waals surface area contributed by atoms with Crippen LogP contribution in [0.1, 0.15) is 32.6 Å². The van der Waals surface area contributed by atoms with Crippen LogP contribution < -0.4 is 10.4 Å². The third-order valence-electron chi connectivity index (χ3n) is 4.13. The van der Waals surface area contributed by atoms with Gasteiger partial charge in [0.25, 0.3) is 0 Å². The average molecular weight is 366 g/mol. The summed E-state index contributed by atoms with van der Waals surface area (Å²) in [6.07, 6.45) is 4.63. The molecule has 0 atom stereocenters. The van der Waals surface area contributed by atoms with Gasteiger partial charge in [0.15, 0.2) is 0 Å². The van der Waals surface area contributed by atoms with E-state index >= 15 is 0 Å². The minimum absolute atomic E-state index is 0.354. The summed E-state index contributed by atoms with van der Waals surface area (Å²) in [6.45, 7) is 2.87. The van der Waals surface area contributed by atoms with Crippen LogP contribution in [0.25, 0.3) is 11.0 Å². The van der Waals surface area contributed by atoms with Gasteiger partial charge in [0.2, 0.25) is 5.69 Å². The van der Waals surface area contributed by atoms with Crippen LogP contribution in [-0.4, -0.2) is 11.5 Å². The number of hydrogen-bond acceptors (Lipinski definition) is 5. The van der Waals surface area contributed by atoms with Gasteiger partial charge >= 0.3 is 5.63 Å². The molecule has 6 heteroatoms. The third-order valence-corrected chi connectivity index (χ3v) is 4.13. The van der Waals surface area contributed by atoms with Crippen molar-refractivity contribution in [1.29, 1.82) is 0 Å². The molecule has 0 amide bonds. The standard InChI is InChI=1S/C21H22N2O4/c1-2-3-4-5-14-26-19-10-7-17(8-11-19)22-23(25)18-9-12-20-16(15-18)6-13-21(24)27-20/h6-13,15H,2-5,14H2,1H3. The number of rotatable bonds is 8. The number of benzene rings is 2. The maximum absolute atomic E-state index is 12.3. The van der Waals surface area contributed by atoms with E-state index < -0.39 is 5.63 Å². The van der Waals surface area contributed by atoms with Crippen molar-refractivity contribution < 1.29 is 14.0 Å². The van der Waals surface area contributed by atoms with E-state index in [4.69, 9.17) is 9.15 Å². The summed E-state index contributed by atoms with van der Waals surface area (Å²) >= 11 is 0. The first-order valence-electron chi connectivity index (χ1n) is 9.11. The molecule has 1 aromatic heterocycles. The summed E-state index contributed by atoms with van der Waals surface area (Å²) in [7, 11) is 0. The molecule has 0 saturated heterocycles. The number of azo groups is 1. The van der Waals surface area contributed by atoms with Gasteiger partial charge < -0.3 is 14.4 Å². The first kappa shape index (κ1) is 18.6. The summed E-state index contributed by atoms with van der Waals surface area (Å²) in [6, 6.07) is 14.8. The Balaban J connectivity index is 1.67. The topological polar surface area (TPSA) is 77.9 Å². The van der Waals surface area contributed by atoms with E-state index in [2.05, 4.69) is 12.0 Å². The van der Waals surface area contributed by atoms with Crippen molar-refractivity contribution in [2.45, 2.75) is 32.6 Å². The molecule has 0 radical (unpaired) electrons. The van der Waals surface area contributed by atoms with E-state index in [1.54, 1.807) is 36.4 Å². The molecule has 0 spiro atoms. The molecule has 0 N–H and O–H groups in total. The van der Waals surface area contributed by atoms with Crippen molar-refractivity contribution in [3.05, 3.63) is 70.2 Å². The Kier molecular flexibility index (Phi) is 6.20. The van der Waals surface area contributed by atoms with Crippen LogP contribution in [-0.2, 0) is 0 Å². The molecule has 0 bridgehead atoms. The van der Waals surface area contributed by atoms with Crippen molar-refractivity contribution in [2.75, 3.05) is 6.61 Å². The van der Waals surface area contributed by atoms with Crippen molar-refractivity contribution in [2.24, 2.45) is 5.11 Å². The van der Waals surface area contributed by atoms with E-state index in [1.807, 2.05) is 12.1 Å². The van der Waals surface area contributed by atoms with E-state index in [-0.39, 0.29) is 0 Å². The minimum Gasteiger partial charge on any atom is -0.594 e. The minimum atomic E-state index is -0.424. The van der Waals surface area contributed by atoms with Gasteiger partial charge in [0.1, 0.15) is 17.0 Å². The summed E-state index contributed by atoms with van der Waals surface area (Å²) in [5.41, 5.74) is 0.891. The molecule has 1 heterocycles. The van der Waals surface area contributed by atoms with Gasteiger partial charge in [-0.2, -0.15) is 0 Å². The molecule has 2 aromatic carbocycles. The second-order valence-corrected chi connectivity index (χ2v) is 6.25. The van der Waals surface area contributed by atoms with Crippen molar-refractivity contribution in [1.82, 2.24) is 0 Å². The molecular formula is C21H22N2O4. The molecule has 0 fully saturated rings. The molecule has 6 nitrogen and oxygen atoms in total. The smallest absolute Gasteiger partial charge is 0.336 e. The summed E-state index contributed by atoms with van der Waals surface area (Å²) in [5, 5.41) is 17.0. The van der Waals surface area contributed by atoms with Crippen LogP contribution in [0, 0.1) is 5.21 Å². The molecule has 0 aliphatic carbocycles. The summed E-state index contributed by atoms with van der Waals surface area (Å²) in [5.74, 6) is 0.767. The van der Waals surface area contributed by atoms with E-state index in [0.29, 0.717) is 33.8 Å². The third kappa shape index (κ3) is 5.17. The SMILES string of the molecule is CCCCCCOc1ccc(N=[N+]([O-])c2ccc3oc(=O)ccc3c2)cc1. The zero-order chi connectivity index (χ0) is 19.1. The lowest BCUT2D eigenvalue weighted by molar-refractivity contribution is -0.435. The Labute approximate surface area is 157 Å². The second-order valence-electron chi connectivity index (χ2n) is 6.25. The zero-order valence-corrected chi connectivity index (χ0v) is 15.3. The Morgan fingerprint density at radius 2 is 1.85 bits per heavy atom. The van der Waals surface area contributed by atoms with Crippen LogP contribution in [0.5, 0.6) is 5.75 Å². The van der Waals surface area contributed by atoms with Crippen LogP contribution in [0.3, 0.4) is 0 Å². The van der Waals surface area contributed by atoms with Crippen LogP contribution in [0.4, 0.5) is 11.4 Å². The van der Waals surface area contributed by atoms with Crippen molar-refractivity contribution >= 4 is 22.3 Å². The lowest BCUT2D eigenvalue weighted by Crippen LogP contribution is -1.97. The molecule has 0 saturated carbocycles. The molecule has 0 aliphatic heterocycles. The van der Waals surface area contributed by atoms with Gasteiger partial charge in [-0.15, -0.1) is 0 Å². The van der Waals surface area contributed by atoms with Crippen LogP contribution in [0.2, 0.25) is 0 Å². The maximum Gasteiger partial charge on any atom is 0.336 e. The maximum atomic E-state index is 12.3. The monoisotopic (exact) mass is 366 g/mol. The van der Waals surface area contributed by atoms with Gasteiger partial charge in [0, 0.05) is 28.7 Å². The fraction of sp³-hybridized carbons (Fsp3) is 0.286. The average Bonchev–Trinajstić information content (AvgIpc) is 2.68. The first-order valence-corrected chi connectivity index (χ1v) is 9.11. The summed E-state index contributed by atoms with van der Waals surface area (Å²) < 4.78 is 10.7. The van der Waals surface area contributed by atoms with Crippen LogP contribution >= 0.6 is 0 Å². The highest BCUT2D eigenvalue weighted by Gasteiger charge is 2.07. The summed E-state index contributed by atoms with van der Waals surface area (Å²) in [4.78, 5) is 11.8. The van der Waals surface area contributed by atoms with E-state index in [9.17, 15) is 10.0 Å². The molecule has 140 valence electrons. The quantitative estimate of drug-likeness (QED) is 0.169. The van der Waals surface area contributed by atoms with Gasteiger partial charge in [-0.3, -0.25) is 0 Å².